The van der Waals surface area contributed by atoms with E-state index in [-0.39, 0.29) is 25.2 Å². The predicted molar refractivity (Wildman–Crippen MR) is 148 cm³/mol. The van der Waals surface area contributed by atoms with Crippen LogP contribution in [0.5, 0.6) is 0 Å². The van der Waals surface area contributed by atoms with Crippen LogP contribution in [0.3, 0.4) is 0 Å². The summed E-state index contributed by atoms with van der Waals surface area (Å²) in [6.07, 6.45) is -0.00974. The molecule has 0 radical (unpaired) electrons. The minimum absolute atomic E-state index is 0.0758. The summed E-state index contributed by atoms with van der Waals surface area (Å²) in [5, 5.41) is 8.78. The number of nitrogens with one attached hydrogen (secondary N) is 3. The molecule has 3 aromatic rings. The molecule has 39 heavy (non-hydrogen) atoms. The molecule has 1 fully saturated rings. The van der Waals surface area contributed by atoms with Gasteiger partial charge in [-0.15, -0.1) is 11.8 Å². The maximum atomic E-state index is 13.8. The molecule has 8 nitrogen and oxygen atoms in total. The molecule has 0 saturated carbocycles. The summed E-state index contributed by atoms with van der Waals surface area (Å²) in [4.78, 5) is 53.0. The molecule has 0 spiro atoms. The summed E-state index contributed by atoms with van der Waals surface area (Å²) in [7, 11) is 0. The van der Waals surface area contributed by atoms with Crippen LogP contribution in [0.1, 0.15) is 30.4 Å². The standard InChI is InChI=1S/C30H29N3O5S/c34-25(31-18-17-20-9-3-1-4-10-20)19-30(21-11-5-2-6-12-21)27(33-28(36)23-15-16-26(35)38-23)29(37)32-22-13-7-8-14-24(22)39-30/h1-14,23,27H,15-19H2,(H,31,34)(H,32,37)(H,33,36)/t23-,27-,30-/m0/s1. The Hall–Kier alpha value is -4.11. The third kappa shape index (κ3) is 5.98. The Bertz CT molecular complexity index is 1370. The number of carbonyl (C=O) groups excluding carboxylic acids is 4. The van der Waals surface area contributed by atoms with E-state index in [0.29, 0.717) is 24.2 Å². The lowest BCUT2D eigenvalue weighted by molar-refractivity contribution is -0.148. The largest absolute Gasteiger partial charge is 0.452 e. The van der Waals surface area contributed by atoms with E-state index in [0.717, 1.165) is 10.5 Å². The van der Waals surface area contributed by atoms with E-state index in [4.69, 9.17) is 4.74 Å². The van der Waals surface area contributed by atoms with Crippen molar-refractivity contribution in [2.45, 2.75) is 47.5 Å². The molecule has 1 saturated heterocycles. The molecule has 0 bridgehead atoms. The van der Waals surface area contributed by atoms with Crippen molar-refractivity contribution in [1.29, 1.82) is 0 Å². The average molecular weight is 544 g/mol. The molecule has 2 aliphatic rings. The second-order valence-corrected chi connectivity index (χ2v) is 10.9. The van der Waals surface area contributed by atoms with Gasteiger partial charge in [0.15, 0.2) is 6.10 Å². The van der Waals surface area contributed by atoms with Crippen LogP contribution in [0.4, 0.5) is 5.69 Å². The SMILES string of the molecule is O=C(C[C@@]1(c2ccccc2)Sc2ccccc2NC(=O)[C@@H]1NC(=O)[C@@H]1CCC(=O)O1)NCCc1ccccc1. The van der Waals surface area contributed by atoms with Crippen molar-refractivity contribution in [2.75, 3.05) is 11.9 Å². The fraction of sp³-hybridized carbons (Fsp3) is 0.267. The highest BCUT2D eigenvalue weighted by Gasteiger charge is 2.50. The number of fused-ring (bicyclic) bond motifs is 1. The Balaban J connectivity index is 1.49. The molecule has 5 rings (SSSR count). The number of rotatable bonds is 8. The van der Waals surface area contributed by atoms with E-state index in [9.17, 15) is 19.2 Å². The first-order chi connectivity index (χ1) is 18.9. The monoisotopic (exact) mass is 543 g/mol. The number of amides is 3. The number of hydrogen-bond donors (Lipinski definition) is 3. The normalized spacial score (nSPS) is 22.2. The smallest absolute Gasteiger partial charge is 0.306 e. The van der Waals surface area contributed by atoms with Crippen molar-refractivity contribution in [3.8, 4) is 0 Å². The maximum absolute atomic E-state index is 13.8. The van der Waals surface area contributed by atoms with Gasteiger partial charge >= 0.3 is 5.97 Å². The van der Waals surface area contributed by atoms with E-state index in [1.54, 1.807) is 6.07 Å². The van der Waals surface area contributed by atoms with E-state index in [1.807, 2.05) is 78.9 Å². The van der Waals surface area contributed by atoms with Gasteiger partial charge in [-0.3, -0.25) is 19.2 Å². The van der Waals surface area contributed by atoms with Gasteiger partial charge in [-0.25, -0.2) is 0 Å². The minimum Gasteiger partial charge on any atom is -0.452 e. The molecule has 3 aromatic carbocycles. The van der Waals surface area contributed by atoms with E-state index >= 15 is 0 Å². The lowest BCUT2D eigenvalue weighted by Gasteiger charge is -2.38. The number of anilines is 1. The lowest BCUT2D eigenvalue weighted by atomic mass is 9.85. The lowest BCUT2D eigenvalue weighted by Crippen LogP contribution is -2.57. The molecule has 200 valence electrons. The summed E-state index contributed by atoms with van der Waals surface area (Å²) < 4.78 is 3.99. The van der Waals surface area contributed by atoms with Crippen LogP contribution < -0.4 is 16.0 Å². The summed E-state index contributed by atoms with van der Waals surface area (Å²) >= 11 is 1.37. The first-order valence-electron chi connectivity index (χ1n) is 12.9. The summed E-state index contributed by atoms with van der Waals surface area (Å²) in [6.45, 7) is 0.427. The first kappa shape index (κ1) is 26.5. The van der Waals surface area contributed by atoms with Gasteiger partial charge in [0.25, 0.3) is 5.91 Å². The van der Waals surface area contributed by atoms with Crippen molar-refractivity contribution in [3.63, 3.8) is 0 Å². The summed E-state index contributed by atoms with van der Waals surface area (Å²) in [5.74, 6) is -1.71. The van der Waals surface area contributed by atoms with Gasteiger partial charge in [0, 0.05) is 30.7 Å². The molecule has 3 amide bonds. The molecule has 3 N–H and O–H groups in total. The number of hydrogen-bond acceptors (Lipinski definition) is 6. The number of esters is 1. The first-order valence-corrected chi connectivity index (χ1v) is 13.7. The third-order valence-electron chi connectivity index (χ3n) is 6.89. The van der Waals surface area contributed by atoms with E-state index < -0.39 is 34.7 Å². The molecule has 0 aliphatic carbocycles. The Morgan fingerprint density at radius 2 is 1.64 bits per heavy atom. The van der Waals surface area contributed by atoms with Crippen molar-refractivity contribution in [1.82, 2.24) is 10.6 Å². The number of cyclic esters (lactones) is 1. The zero-order valence-corrected chi connectivity index (χ0v) is 22.0. The molecule has 3 atom stereocenters. The van der Waals surface area contributed by atoms with Crippen LogP contribution in [0, 0.1) is 0 Å². The van der Waals surface area contributed by atoms with Crippen LogP contribution in [-0.4, -0.2) is 42.4 Å². The summed E-state index contributed by atoms with van der Waals surface area (Å²) in [5.41, 5.74) is 2.42. The van der Waals surface area contributed by atoms with Gasteiger partial charge in [0.05, 0.1) is 10.4 Å². The fourth-order valence-corrected chi connectivity index (χ4v) is 6.45. The second kappa shape index (κ2) is 11.7. The van der Waals surface area contributed by atoms with E-state index in [1.165, 1.54) is 11.8 Å². The Morgan fingerprint density at radius 3 is 2.36 bits per heavy atom. The predicted octanol–water partition coefficient (Wildman–Crippen LogP) is 3.57. The van der Waals surface area contributed by atoms with Crippen molar-refractivity contribution >= 4 is 41.1 Å². The quantitative estimate of drug-likeness (QED) is 0.375. The second-order valence-electron chi connectivity index (χ2n) is 9.56. The van der Waals surface area contributed by atoms with Crippen LogP contribution in [0.15, 0.2) is 89.8 Å². The maximum Gasteiger partial charge on any atom is 0.306 e. The van der Waals surface area contributed by atoms with Crippen LogP contribution in [0.2, 0.25) is 0 Å². The van der Waals surface area contributed by atoms with Crippen LogP contribution in [-0.2, 0) is 35.1 Å². The molecule has 0 aromatic heterocycles. The van der Waals surface area contributed by atoms with Gasteiger partial charge in [-0.05, 0) is 29.7 Å². The van der Waals surface area contributed by atoms with Gasteiger partial charge in [-0.2, -0.15) is 0 Å². The van der Waals surface area contributed by atoms with Gasteiger partial charge < -0.3 is 20.7 Å². The molecule has 2 heterocycles. The van der Waals surface area contributed by atoms with Crippen LogP contribution >= 0.6 is 11.8 Å². The topological polar surface area (TPSA) is 114 Å². The molecular weight excluding hydrogens is 514 g/mol. The number of benzene rings is 3. The van der Waals surface area contributed by atoms with Crippen molar-refractivity contribution in [3.05, 3.63) is 96.1 Å². The average Bonchev–Trinajstić information content (AvgIpc) is 3.35. The number of thioether (sulfide) groups is 1. The van der Waals surface area contributed by atoms with Crippen molar-refractivity contribution < 1.29 is 23.9 Å². The zero-order chi connectivity index (χ0) is 27.2. The Morgan fingerprint density at radius 1 is 0.949 bits per heavy atom. The van der Waals surface area contributed by atoms with Gasteiger partial charge in [0.2, 0.25) is 11.8 Å². The fourth-order valence-electron chi connectivity index (χ4n) is 4.94. The molecule has 9 heteroatoms. The summed E-state index contributed by atoms with van der Waals surface area (Å²) in [6, 6.07) is 25.3. The number of carbonyl (C=O) groups is 4. The Labute approximate surface area is 230 Å². The molecule has 2 aliphatic heterocycles. The number of ether oxygens (including phenoxy) is 1. The molecule has 0 unspecified atom stereocenters. The van der Waals surface area contributed by atoms with Crippen LogP contribution in [0.25, 0.3) is 0 Å². The van der Waals surface area contributed by atoms with E-state index in [2.05, 4.69) is 16.0 Å². The third-order valence-corrected chi connectivity index (χ3v) is 8.45. The molecular formula is C30H29N3O5S. The van der Waals surface area contributed by atoms with Crippen molar-refractivity contribution in [2.24, 2.45) is 0 Å². The minimum atomic E-state index is -1.19. The van der Waals surface area contributed by atoms with Gasteiger partial charge in [-0.1, -0.05) is 72.8 Å². The Kier molecular flexibility index (Phi) is 7.97. The van der Waals surface area contributed by atoms with Gasteiger partial charge in [0.1, 0.15) is 6.04 Å². The zero-order valence-electron chi connectivity index (χ0n) is 21.2. The number of para-hydroxylation sites is 1. The highest BCUT2D eigenvalue weighted by atomic mass is 32.2. The highest BCUT2D eigenvalue weighted by Crippen LogP contribution is 2.51. The highest BCUT2D eigenvalue weighted by molar-refractivity contribution is 8.00.